The summed E-state index contributed by atoms with van der Waals surface area (Å²) in [5, 5.41) is 19.0. The fourth-order valence-electron chi connectivity index (χ4n) is 2.50. The molecule has 2 N–H and O–H groups in total. The molecule has 2 rings (SSSR count). The van der Waals surface area contributed by atoms with E-state index in [0.717, 1.165) is 24.2 Å². The van der Waals surface area contributed by atoms with Gasteiger partial charge in [0.15, 0.2) is 0 Å². The third-order valence-corrected chi connectivity index (χ3v) is 4.10. The average molecular weight is 263 g/mol. The van der Waals surface area contributed by atoms with Gasteiger partial charge in [-0.05, 0) is 45.8 Å². The normalized spacial score (nSPS) is 19.3. The van der Waals surface area contributed by atoms with Crippen LogP contribution in [0.25, 0.3) is 0 Å². The highest BCUT2D eigenvalue weighted by atomic mass is 16.4. The molecule has 1 fully saturated rings. The highest BCUT2D eigenvalue weighted by Gasteiger charge is 2.36. The van der Waals surface area contributed by atoms with Crippen molar-refractivity contribution in [2.75, 3.05) is 13.1 Å². The first-order valence-corrected chi connectivity index (χ1v) is 6.65. The third kappa shape index (κ3) is 3.07. The number of carbonyl (C=O) groups is 1. The first-order valence-electron chi connectivity index (χ1n) is 6.65. The molecule has 1 aromatic carbocycles. The van der Waals surface area contributed by atoms with Crippen molar-refractivity contribution in [3.05, 3.63) is 29.3 Å². The van der Waals surface area contributed by atoms with Gasteiger partial charge in [0.05, 0.1) is 5.41 Å². The molecule has 1 heterocycles. The lowest BCUT2D eigenvalue weighted by Gasteiger charge is -2.36. The second-order valence-electron chi connectivity index (χ2n) is 5.77. The Morgan fingerprint density at radius 2 is 2.00 bits per heavy atom. The van der Waals surface area contributed by atoms with Crippen molar-refractivity contribution in [3.63, 3.8) is 0 Å². The number of benzene rings is 1. The van der Waals surface area contributed by atoms with Crippen molar-refractivity contribution in [3.8, 4) is 5.75 Å². The highest BCUT2D eigenvalue weighted by Crippen LogP contribution is 2.32. The number of nitrogens with zero attached hydrogens (tertiary/aromatic N) is 1. The summed E-state index contributed by atoms with van der Waals surface area (Å²) in [6.45, 7) is 6.02. The van der Waals surface area contributed by atoms with Gasteiger partial charge in [-0.15, -0.1) is 0 Å². The molecule has 104 valence electrons. The third-order valence-electron chi connectivity index (χ3n) is 4.10. The quantitative estimate of drug-likeness (QED) is 0.879. The SMILES string of the molecule is Cc1ccc(O)c(CN2CCC(C)(C(=O)O)CC2)c1. The van der Waals surface area contributed by atoms with Gasteiger partial charge in [-0.3, -0.25) is 9.69 Å². The van der Waals surface area contributed by atoms with Crippen LogP contribution < -0.4 is 0 Å². The van der Waals surface area contributed by atoms with Crippen molar-refractivity contribution in [2.24, 2.45) is 5.41 Å². The number of carboxylic acids is 1. The lowest BCUT2D eigenvalue weighted by Crippen LogP contribution is -2.42. The van der Waals surface area contributed by atoms with Crippen LogP contribution in [0.2, 0.25) is 0 Å². The van der Waals surface area contributed by atoms with E-state index in [9.17, 15) is 15.0 Å². The smallest absolute Gasteiger partial charge is 0.309 e. The monoisotopic (exact) mass is 263 g/mol. The van der Waals surface area contributed by atoms with Gasteiger partial charge in [0.1, 0.15) is 5.75 Å². The number of rotatable bonds is 3. The van der Waals surface area contributed by atoms with Crippen LogP contribution in [0.5, 0.6) is 5.75 Å². The predicted octanol–water partition coefficient (Wildman–Crippen LogP) is 2.39. The maximum atomic E-state index is 11.2. The molecule has 0 atom stereocenters. The van der Waals surface area contributed by atoms with Crippen molar-refractivity contribution in [1.82, 2.24) is 4.90 Å². The van der Waals surface area contributed by atoms with E-state index < -0.39 is 11.4 Å². The molecule has 0 amide bonds. The number of phenols is 1. The molecule has 4 heteroatoms. The van der Waals surface area contributed by atoms with Crippen LogP contribution >= 0.6 is 0 Å². The van der Waals surface area contributed by atoms with Crippen molar-refractivity contribution in [2.45, 2.75) is 33.2 Å². The van der Waals surface area contributed by atoms with Gasteiger partial charge in [0.25, 0.3) is 0 Å². The van der Waals surface area contributed by atoms with Gasteiger partial charge >= 0.3 is 5.97 Å². The summed E-state index contributed by atoms with van der Waals surface area (Å²) in [6.07, 6.45) is 1.32. The van der Waals surface area contributed by atoms with E-state index in [2.05, 4.69) is 4.90 Å². The van der Waals surface area contributed by atoms with E-state index in [1.165, 1.54) is 0 Å². The summed E-state index contributed by atoms with van der Waals surface area (Å²) in [5.74, 6) is -0.386. The number of piperidine rings is 1. The number of phenolic OH excluding ortho intramolecular Hbond substituents is 1. The van der Waals surface area contributed by atoms with E-state index in [-0.39, 0.29) is 0 Å². The predicted molar refractivity (Wildman–Crippen MR) is 73.1 cm³/mol. The Labute approximate surface area is 113 Å². The lowest BCUT2D eigenvalue weighted by atomic mass is 9.80. The summed E-state index contributed by atoms with van der Waals surface area (Å²) in [5.41, 5.74) is 1.45. The number of aromatic hydroxyl groups is 1. The zero-order valence-electron chi connectivity index (χ0n) is 11.5. The average Bonchev–Trinajstić information content (AvgIpc) is 2.36. The number of carboxylic acid groups (broad SMARTS) is 1. The molecule has 0 radical (unpaired) electrons. The number of aryl methyl sites for hydroxylation is 1. The van der Waals surface area contributed by atoms with Crippen LogP contribution in [0.15, 0.2) is 18.2 Å². The largest absolute Gasteiger partial charge is 0.508 e. The molecule has 1 aromatic rings. The van der Waals surface area contributed by atoms with E-state index >= 15 is 0 Å². The minimum Gasteiger partial charge on any atom is -0.508 e. The number of hydrogen-bond acceptors (Lipinski definition) is 3. The Hall–Kier alpha value is -1.55. The van der Waals surface area contributed by atoms with E-state index in [1.807, 2.05) is 26.0 Å². The molecule has 19 heavy (non-hydrogen) atoms. The summed E-state index contributed by atoms with van der Waals surface area (Å²) >= 11 is 0. The molecule has 1 aliphatic rings. The number of hydrogen-bond donors (Lipinski definition) is 2. The van der Waals surface area contributed by atoms with Crippen LogP contribution in [0, 0.1) is 12.3 Å². The Morgan fingerprint density at radius 3 is 2.58 bits per heavy atom. The molecule has 0 spiro atoms. The molecule has 0 saturated carbocycles. The molecular weight excluding hydrogens is 242 g/mol. The lowest BCUT2D eigenvalue weighted by molar-refractivity contribution is -0.150. The Kier molecular flexibility index (Phi) is 3.80. The second kappa shape index (κ2) is 5.21. The van der Waals surface area contributed by atoms with Crippen LogP contribution in [0.4, 0.5) is 0 Å². The minimum atomic E-state index is -0.703. The van der Waals surface area contributed by atoms with Gasteiger partial charge in [0, 0.05) is 12.1 Å². The molecule has 0 unspecified atom stereocenters. The highest BCUT2D eigenvalue weighted by molar-refractivity contribution is 5.74. The summed E-state index contributed by atoms with van der Waals surface area (Å²) in [6, 6.07) is 5.59. The number of likely N-dealkylation sites (tertiary alicyclic amines) is 1. The van der Waals surface area contributed by atoms with Gasteiger partial charge in [0.2, 0.25) is 0 Å². The standard InChI is InChI=1S/C15H21NO3/c1-11-3-4-13(17)12(9-11)10-16-7-5-15(2,6-8-16)14(18)19/h3-4,9,17H,5-8,10H2,1-2H3,(H,18,19). The molecule has 1 saturated heterocycles. The molecule has 0 aromatic heterocycles. The minimum absolute atomic E-state index is 0.317. The Bertz CT molecular complexity index is 476. The summed E-state index contributed by atoms with van der Waals surface area (Å²) in [4.78, 5) is 13.4. The van der Waals surface area contributed by atoms with Gasteiger partial charge in [-0.1, -0.05) is 17.7 Å². The zero-order chi connectivity index (χ0) is 14.0. The van der Waals surface area contributed by atoms with Crippen LogP contribution in [0.1, 0.15) is 30.9 Å². The van der Waals surface area contributed by atoms with Gasteiger partial charge in [-0.25, -0.2) is 0 Å². The van der Waals surface area contributed by atoms with Gasteiger partial charge < -0.3 is 10.2 Å². The van der Waals surface area contributed by atoms with Crippen molar-refractivity contribution >= 4 is 5.97 Å². The van der Waals surface area contributed by atoms with Crippen LogP contribution in [-0.2, 0) is 11.3 Å². The van der Waals surface area contributed by atoms with Crippen LogP contribution in [0.3, 0.4) is 0 Å². The molecular formula is C15H21NO3. The molecule has 4 nitrogen and oxygen atoms in total. The topological polar surface area (TPSA) is 60.8 Å². The number of aliphatic carboxylic acids is 1. The Morgan fingerprint density at radius 1 is 1.37 bits per heavy atom. The maximum Gasteiger partial charge on any atom is 0.309 e. The fourth-order valence-corrected chi connectivity index (χ4v) is 2.50. The van der Waals surface area contributed by atoms with Crippen LogP contribution in [-0.4, -0.2) is 34.2 Å². The van der Waals surface area contributed by atoms with Crippen molar-refractivity contribution in [1.29, 1.82) is 0 Å². The fraction of sp³-hybridized carbons (Fsp3) is 0.533. The first kappa shape index (κ1) is 13.9. The molecule has 0 bridgehead atoms. The van der Waals surface area contributed by atoms with E-state index in [4.69, 9.17) is 0 Å². The maximum absolute atomic E-state index is 11.2. The molecule has 1 aliphatic heterocycles. The Balaban J connectivity index is 1.99. The second-order valence-corrected chi connectivity index (χ2v) is 5.77. The van der Waals surface area contributed by atoms with E-state index in [1.54, 1.807) is 6.07 Å². The summed E-state index contributed by atoms with van der Waals surface area (Å²) in [7, 11) is 0. The molecule has 0 aliphatic carbocycles. The first-order chi connectivity index (χ1) is 8.90. The van der Waals surface area contributed by atoms with E-state index in [0.29, 0.717) is 25.1 Å². The summed E-state index contributed by atoms with van der Waals surface area (Å²) < 4.78 is 0. The van der Waals surface area contributed by atoms with Crippen molar-refractivity contribution < 1.29 is 15.0 Å². The van der Waals surface area contributed by atoms with Gasteiger partial charge in [-0.2, -0.15) is 0 Å². The zero-order valence-corrected chi connectivity index (χ0v) is 11.5.